The maximum atomic E-state index is 11.6. The first-order valence-electron chi connectivity index (χ1n) is 4.30. The Morgan fingerprint density at radius 2 is 1.77 bits per heavy atom. The van der Waals surface area contributed by atoms with Gasteiger partial charge in [-0.05, 0) is 20.8 Å². The van der Waals surface area contributed by atoms with E-state index in [0.717, 1.165) is 5.70 Å². The molecule has 0 saturated carbocycles. The van der Waals surface area contributed by atoms with Crippen molar-refractivity contribution in [2.45, 2.75) is 20.8 Å². The van der Waals surface area contributed by atoms with Crippen LogP contribution in [0.3, 0.4) is 0 Å². The van der Waals surface area contributed by atoms with Crippen LogP contribution in [0.4, 0.5) is 4.79 Å². The summed E-state index contributed by atoms with van der Waals surface area (Å²) in [7, 11) is 3.48. The SMILES string of the molecule is C/C=C/N(C(=O)N(C)C)/C(C)=C/C. The topological polar surface area (TPSA) is 23.6 Å². The van der Waals surface area contributed by atoms with Crippen LogP contribution in [-0.4, -0.2) is 29.9 Å². The first-order chi connectivity index (χ1) is 6.04. The van der Waals surface area contributed by atoms with Crippen LogP contribution in [-0.2, 0) is 0 Å². The molecule has 0 fully saturated rings. The molecule has 3 heteroatoms. The Morgan fingerprint density at radius 1 is 1.23 bits per heavy atom. The van der Waals surface area contributed by atoms with Gasteiger partial charge in [0.2, 0.25) is 0 Å². The summed E-state index contributed by atoms with van der Waals surface area (Å²) in [6.45, 7) is 5.70. The lowest BCUT2D eigenvalue weighted by atomic mass is 10.4. The predicted molar refractivity (Wildman–Crippen MR) is 55.2 cm³/mol. The first-order valence-corrected chi connectivity index (χ1v) is 4.30. The molecule has 0 aliphatic heterocycles. The maximum Gasteiger partial charge on any atom is 0.327 e. The van der Waals surface area contributed by atoms with Crippen LogP contribution in [0.15, 0.2) is 24.0 Å². The summed E-state index contributed by atoms with van der Waals surface area (Å²) >= 11 is 0. The predicted octanol–water partition coefficient (Wildman–Crippen LogP) is 2.43. The summed E-state index contributed by atoms with van der Waals surface area (Å²) in [5.74, 6) is 0. The van der Waals surface area contributed by atoms with E-state index in [1.165, 1.54) is 0 Å². The zero-order valence-electron chi connectivity index (χ0n) is 9.03. The van der Waals surface area contributed by atoms with Crippen molar-refractivity contribution in [1.82, 2.24) is 9.80 Å². The van der Waals surface area contributed by atoms with Gasteiger partial charge in [-0.3, -0.25) is 4.90 Å². The fourth-order valence-corrected chi connectivity index (χ4v) is 0.836. The van der Waals surface area contributed by atoms with Gasteiger partial charge in [-0.2, -0.15) is 0 Å². The van der Waals surface area contributed by atoms with Crippen molar-refractivity contribution in [3.8, 4) is 0 Å². The maximum absolute atomic E-state index is 11.6. The number of carbonyl (C=O) groups is 1. The largest absolute Gasteiger partial charge is 0.330 e. The Kier molecular flexibility index (Phi) is 4.89. The Hall–Kier alpha value is -1.25. The molecule has 0 aromatic carbocycles. The fourth-order valence-electron chi connectivity index (χ4n) is 0.836. The molecule has 0 spiro atoms. The molecular formula is C10H18N2O. The van der Waals surface area contributed by atoms with Gasteiger partial charge in [-0.25, -0.2) is 4.79 Å². The van der Waals surface area contributed by atoms with Crippen LogP contribution in [0.25, 0.3) is 0 Å². The van der Waals surface area contributed by atoms with Crippen LogP contribution in [0.2, 0.25) is 0 Å². The van der Waals surface area contributed by atoms with Gasteiger partial charge in [0.05, 0.1) is 0 Å². The molecule has 0 unspecified atom stereocenters. The molecule has 0 saturated heterocycles. The summed E-state index contributed by atoms with van der Waals surface area (Å²) in [5.41, 5.74) is 0.928. The zero-order valence-corrected chi connectivity index (χ0v) is 9.03. The lowest BCUT2D eigenvalue weighted by Crippen LogP contribution is -2.34. The number of allylic oxidation sites excluding steroid dienone is 3. The average molecular weight is 182 g/mol. The van der Waals surface area contributed by atoms with Crippen molar-refractivity contribution in [3.63, 3.8) is 0 Å². The normalized spacial score (nSPS) is 11.9. The minimum Gasteiger partial charge on any atom is -0.330 e. The third kappa shape index (κ3) is 3.32. The Labute approximate surface area is 80.3 Å². The average Bonchev–Trinajstić information content (AvgIpc) is 2.11. The summed E-state index contributed by atoms with van der Waals surface area (Å²) in [5, 5.41) is 0. The van der Waals surface area contributed by atoms with Gasteiger partial charge in [0.25, 0.3) is 0 Å². The minimum atomic E-state index is -0.0336. The number of hydrogen-bond acceptors (Lipinski definition) is 1. The van der Waals surface area contributed by atoms with Crippen LogP contribution in [0, 0.1) is 0 Å². The number of rotatable bonds is 2. The molecule has 13 heavy (non-hydrogen) atoms. The van der Waals surface area contributed by atoms with E-state index in [-0.39, 0.29) is 6.03 Å². The van der Waals surface area contributed by atoms with E-state index < -0.39 is 0 Å². The Bertz CT molecular complexity index is 229. The van der Waals surface area contributed by atoms with Gasteiger partial charge in [0.1, 0.15) is 0 Å². The van der Waals surface area contributed by atoms with Gasteiger partial charge in [-0.15, -0.1) is 0 Å². The van der Waals surface area contributed by atoms with Gasteiger partial charge in [0, 0.05) is 26.0 Å². The number of hydrogen-bond donors (Lipinski definition) is 0. The van der Waals surface area contributed by atoms with Crippen LogP contribution < -0.4 is 0 Å². The second kappa shape index (κ2) is 5.41. The van der Waals surface area contributed by atoms with Gasteiger partial charge in [-0.1, -0.05) is 12.2 Å². The monoisotopic (exact) mass is 182 g/mol. The molecule has 0 aromatic rings. The molecule has 0 aliphatic rings. The van der Waals surface area contributed by atoms with Crippen molar-refractivity contribution in [2.75, 3.05) is 14.1 Å². The first kappa shape index (κ1) is 11.8. The van der Waals surface area contributed by atoms with Crippen LogP contribution in [0.5, 0.6) is 0 Å². The van der Waals surface area contributed by atoms with E-state index in [9.17, 15) is 4.79 Å². The lowest BCUT2D eigenvalue weighted by molar-refractivity contribution is 0.197. The van der Waals surface area contributed by atoms with Crippen molar-refractivity contribution >= 4 is 6.03 Å². The van der Waals surface area contributed by atoms with Crippen molar-refractivity contribution in [1.29, 1.82) is 0 Å². The number of carbonyl (C=O) groups excluding carboxylic acids is 1. The molecule has 0 bridgehead atoms. The third-order valence-electron chi connectivity index (χ3n) is 1.68. The van der Waals surface area contributed by atoms with Crippen molar-refractivity contribution in [3.05, 3.63) is 24.0 Å². The highest BCUT2D eigenvalue weighted by atomic mass is 16.2. The highest BCUT2D eigenvalue weighted by Gasteiger charge is 2.12. The summed E-state index contributed by atoms with van der Waals surface area (Å²) < 4.78 is 0. The lowest BCUT2D eigenvalue weighted by Gasteiger charge is -2.22. The second-order valence-electron chi connectivity index (χ2n) is 2.96. The Morgan fingerprint density at radius 3 is 2.08 bits per heavy atom. The molecule has 0 aliphatic carbocycles. The van der Waals surface area contributed by atoms with E-state index in [2.05, 4.69) is 0 Å². The standard InChI is InChI=1S/C10H18N2O/c1-6-8-12(9(3)7-2)10(13)11(4)5/h6-8H,1-5H3/b8-6+,9-7+. The van der Waals surface area contributed by atoms with Gasteiger partial charge < -0.3 is 4.90 Å². The minimum absolute atomic E-state index is 0.0336. The quantitative estimate of drug-likeness (QED) is 0.643. The fraction of sp³-hybridized carbons (Fsp3) is 0.500. The van der Waals surface area contributed by atoms with E-state index in [0.29, 0.717) is 0 Å². The number of nitrogens with zero attached hydrogens (tertiary/aromatic N) is 2. The zero-order chi connectivity index (χ0) is 10.4. The molecule has 0 rings (SSSR count). The molecule has 0 radical (unpaired) electrons. The van der Waals surface area contributed by atoms with Gasteiger partial charge in [0.15, 0.2) is 0 Å². The summed E-state index contributed by atoms with van der Waals surface area (Å²) in [4.78, 5) is 14.8. The highest BCUT2D eigenvalue weighted by Crippen LogP contribution is 2.06. The van der Waals surface area contributed by atoms with Crippen molar-refractivity contribution < 1.29 is 4.79 Å². The van der Waals surface area contributed by atoms with E-state index >= 15 is 0 Å². The summed E-state index contributed by atoms with van der Waals surface area (Å²) in [6, 6.07) is -0.0336. The molecule has 0 atom stereocenters. The third-order valence-corrected chi connectivity index (χ3v) is 1.68. The van der Waals surface area contributed by atoms with Crippen LogP contribution in [0.1, 0.15) is 20.8 Å². The molecule has 2 amide bonds. The van der Waals surface area contributed by atoms with Crippen LogP contribution >= 0.6 is 0 Å². The number of urea groups is 1. The van der Waals surface area contributed by atoms with E-state index in [4.69, 9.17) is 0 Å². The molecule has 0 aromatic heterocycles. The van der Waals surface area contributed by atoms with Gasteiger partial charge >= 0.3 is 6.03 Å². The van der Waals surface area contributed by atoms with Crippen molar-refractivity contribution in [2.24, 2.45) is 0 Å². The molecule has 0 N–H and O–H groups in total. The van der Waals surface area contributed by atoms with E-state index in [1.54, 1.807) is 30.1 Å². The number of amides is 2. The molecule has 3 nitrogen and oxygen atoms in total. The molecule has 0 heterocycles. The second-order valence-corrected chi connectivity index (χ2v) is 2.96. The summed E-state index contributed by atoms with van der Waals surface area (Å²) in [6.07, 6.45) is 5.51. The Balaban J connectivity index is 4.71. The molecule has 74 valence electrons. The highest BCUT2D eigenvalue weighted by molar-refractivity contribution is 5.76. The van der Waals surface area contributed by atoms with E-state index in [1.807, 2.05) is 32.9 Å². The smallest absolute Gasteiger partial charge is 0.327 e. The molecular weight excluding hydrogens is 164 g/mol.